The summed E-state index contributed by atoms with van der Waals surface area (Å²) in [5, 5.41) is 9.80. The highest BCUT2D eigenvalue weighted by Gasteiger charge is 2.48. The number of hydrogen-bond donors (Lipinski definition) is 2. The number of nitrogens with one attached hydrogen (secondary N) is 2. The standard InChI is InChI=1S/C26H26ClF3N4O3S/c1-3-37-25(36)19-15-10-9-13(2)11-17(15)38-24(19)32-23(35)21-20(27)22-31-16(14-7-5-4-6-8-14)12-18(26(28,29)30)34(22)33-21/h4-8,13,16,18,31H,3,9-12H2,1-2H3,(H,32,35). The number of nitrogens with zero attached hydrogens (tertiary/aromatic N) is 2. The van der Waals surface area contributed by atoms with Crippen molar-refractivity contribution in [3.63, 3.8) is 0 Å². The maximum absolute atomic E-state index is 14.1. The van der Waals surface area contributed by atoms with Gasteiger partial charge in [0.05, 0.1) is 18.2 Å². The molecular formula is C26H26ClF3N4O3S. The highest BCUT2D eigenvalue weighted by molar-refractivity contribution is 7.17. The molecule has 1 amide bonds. The molecule has 7 nitrogen and oxygen atoms in total. The van der Waals surface area contributed by atoms with Gasteiger partial charge in [-0.2, -0.15) is 18.3 Å². The van der Waals surface area contributed by atoms with E-state index in [0.717, 1.165) is 28.0 Å². The maximum atomic E-state index is 14.1. The summed E-state index contributed by atoms with van der Waals surface area (Å²) >= 11 is 7.76. The fourth-order valence-corrected chi connectivity index (χ4v) is 6.72. The summed E-state index contributed by atoms with van der Waals surface area (Å²) in [6.45, 7) is 3.98. The highest BCUT2D eigenvalue weighted by atomic mass is 35.5. The minimum absolute atomic E-state index is 0.0795. The quantitative estimate of drug-likeness (QED) is 0.331. The number of alkyl halides is 3. The number of anilines is 2. The van der Waals surface area contributed by atoms with Crippen LogP contribution in [-0.4, -0.2) is 34.4 Å². The third-order valence-corrected chi connectivity index (χ3v) is 8.46. The molecule has 3 aromatic rings. The molecule has 0 bridgehead atoms. The predicted octanol–water partition coefficient (Wildman–Crippen LogP) is 6.81. The van der Waals surface area contributed by atoms with Crippen LogP contribution >= 0.6 is 22.9 Å². The number of halogens is 4. The first-order chi connectivity index (χ1) is 18.1. The van der Waals surface area contributed by atoms with E-state index in [1.807, 2.05) is 0 Å². The molecule has 3 heterocycles. The second kappa shape index (κ2) is 10.3. The highest BCUT2D eigenvalue weighted by Crippen LogP contribution is 2.46. The number of carbonyl (C=O) groups is 2. The van der Waals surface area contributed by atoms with Gasteiger partial charge in [-0.3, -0.25) is 4.79 Å². The molecule has 0 fully saturated rings. The lowest BCUT2D eigenvalue weighted by Gasteiger charge is -2.33. The topological polar surface area (TPSA) is 85.2 Å². The van der Waals surface area contributed by atoms with Gasteiger partial charge in [0, 0.05) is 11.3 Å². The number of carbonyl (C=O) groups excluding carboxylic acids is 2. The van der Waals surface area contributed by atoms with Crippen LogP contribution in [0, 0.1) is 5.92 Å². The third-order valence-electron chi connectivity index (χ3n) is 6.93. The summed E-state index contributed by atoms with van der Waals surface area (Å²) in [4.78, 5) is 27.1. The first kappa shape index (κ1) is 26.6. The number of thiophene rings is 1. The lowest BCUT2D eigenvalue weighted by molar-refractivity contribution is -0.173. The first-order valence-corrected chi connectivity index (χ1v) is 13.6. The van der Waals surface area contributed by atoms with Crippen molar-refractivity contribution in [3.8, 4) is 0 Å². The molecule has 2 aromatic heterocycles. The second-order valence-electron chi connectivity index (χ2n) is 9.59. The van der Waals surface area contributed by atoms with Crippen molar-refractivity contribution in [2.45, 2.75) is 57.8 Å². The van der Waals surface area contributed by atoms with Crippen LogP contribution in [0.25, 0.3) is 0 Å². The molecule has 1 aliphatic heterocycles. The lowest BCUT2D eigenvalue weighted by atomic mass is 9.88. The number of fused-ring (bicyclic) bond motifs is 2. The normalized spacial score (nSPS) is 20.7. The molecule has 0 spiro atoms. The zero-order chi connectivity index (χ0) is 27.2. The van der Waals surface area contributed by atoms with E-state index in [-0.39, 0.29) is 34.6 Å². The van der Waals surface area contributed by atoms with Crippen molar-refractivity contribution in [2.75, 3.05) is 17.2 Å². The first-order valence-electron chi connectivity index (χ1n) is 12.4. The Morgan fingerprint density at radius 3 is 2.71 bits per heavy atom. The van der Waals surface area contributed by atoms with E-state index in [1.165, 1.54) is 11.3 Å². The van der Waals surface area contributed by atoms with Gasteiger partial charge >= 0.3 is 12.1 Å². The fraction of sp³-hybridized carbons (Fsp3) is 0.423. The van der Waals surface area contributed by atoms with Gasteiger partial charge in [0.1, 0.15) is 15.8 Å². The fourth-order valence-electron chi connectivity index (χ4n) is 5.06. The summed E-state index contributed by atoms with van der Waals surface area (Å²) in [5.74, 6) is -0.996. The number of hydrogen-bond acceptors (Lipinski definition) is 6. The molecule has 3 unspecified atom stereocenters. The van der Waals surface area contributed by atoms with Crippen molar-refractivity contribution in [3.05, 3.63) is 62.6 Å². The van der Waals surface area contributed by atoms with Crippen LogP contribution in [0.15, 0.2) is 30.3 Å². The molecule has 12 heteroatoms. The van der Waals surface area contributed by atoms with Crippen LogP contribution in [0.4, 0.5) is 24.0 Å². The molecule has 2 N–H and O–H groups in total. The maximum Gasteiger partial charge on any atom is 0.410 e. The summed E-state index contributed by atoms with van der Waals surface area (Å²) < 4.78 is 48.3. The molecule has 2 aliphatic rings. The van der Waals surface area contributed by atoms with E-state index in [4.69, 9.17) is 16.3 Å². The lowest BCUT2D eigenvalue weighted by Crippen LogP contribution is -2.35. The van der Waals surface area contributed by atoms with E-state index in [0.29, 0.717) is 23.5 Å². The smallest absolute Gasteiger partial charge is 0.410 e. The van der Waals surface area contributed by atoms with Gasteiger partial charge in [0.2, 0.25) is 0 Å². The molecule has 5 rings (SSSR count). The molecule has 0 saturated carbocycles. The summed E-state index contributed by atoms with van der Waals surface area (Å²) in [7, 11) is 0. The van der Waals surface area contributed by atoms with Gasteiger partial charge in [0.15, 0.2) is 11.7 Å². The number of aromatic nitrogens is 2. The number of esters is 1. The van der Waals surface area contributed by atoms with E-state index in [1.54, 1.807) is 37.3 Å². The molecule has 38 heavy (non-hydrogen) atoms. The van der Waals surface area contributed by atoms with Crippen LogP contribution in [0.1, 0.15) is 75.6 Å². The average Bonchev–Trinajstić information content (AvgIpc) is 3.40. The van der Waals surface area contributed by atoms with Gasteiger partial charge < -0.3 is 15.4 Å². The monoisotopic (exact) mass is 566 g/mol. The van der Waals surface area contributed by atoms with E-state index >= 15 is 0 Å². The Balaban J connectivity index is 1.50. The SMILES string of the molecule is CCOC(=O)c1c(NC(=O)c2nn3c(c2Cl)NC(c2ccccc2)CC3C(F)(F)F)sc2c1CCC(C)C2. The molecule has 202 valence electrons. The van der Waals surface area contributed by atoms with Gasteiger partial charge in [-0.05, 0) is 43.2 Å². The zero-order valence-corrected chi connectivity index (χ0v) is 22.3. The Hall–Kier alpha value is -3.05. The Kier molecular flexibility index (Phi) is 7.17. The minimum atomic E-state index is -4.62. The van der Waals surface area contributed by atoms with Crippen molar-refractivity contribution in [2.24, 2.45) is 5.92 Å². The number of ether oxygens (including phenoxy) is 1. The molecule has 3 atom stereocenters. The van der Waals surface area contributed by atoms with Crippen LogP contribution in [0.5, 0.6) is 0 Å². The van der Waals surface area contributed by atoms with Crippen molar-refractivity contribution >= 4 is 45.6 Å². The predicted molar refractivity (Wildman–Crippen MR) is 139 cm³/mol. The largest absolute Gasteiger partial charge is 0.462 e. The summed E-state index contributed by atoms with van der Waals surface area (Å²) in [5.41, 5.74) is 1.45. The molecule has 1 aromatic carbocycles. The average molecular weight is 567 g/mol. The molecule has 0 radical (unpaired) electrons. The molecule has 0 saturated heterocycles. The van der Waals surface area contributed by atoms with E-state index < -0.39 is 30.1 Å². The van der Waals surface area contributed by atoms with E-state index in [9.17, 15) is 22.8 Å². The van der Waals surface area contributed by atoms with Crippen LogP contribution in [0.3, 0.4) is 0 Å². The Bertz CT molecular complexity index is 1370. The van der Waals surface area contributed by atoms with E-state index in [2.05, 4.69) is 22.7 Å². The third kappa shape index (κ3) is 4.89. The van der Waals surface area contributed by atoms with Crippen molar-refractivity contribution in [1.29, 1.82) is 0 Å². The number of benzene rings is 1. The Morgan fingerprint density at radius 1 is 1.29 bits per heavy atom. The molecular weight excluding hydrogens is 541 g/mol. The van der Waals surface area contributed by atoms with Crippen LogP contribution < -0.4 is 10.6 Å². The second-order valence-corrected chi connectivity index (χ2v) is 11.1. The minimum Gasteiger partial charge on any atom is -0.462 e. The van der Waals surface area contributed by atoms with Crippen LogP contribution in [0.2, 0.25) is 5.02 Å². The summed E-state index contributed by atoms with van der Waals surface area (Å²) in [6, 6.07) is 6.07. The van der Waals surface area contributed by atoms with Gasteiger partial charge in [-0.15, -0.1) is 11.3 Å². The number of rotatable bonds is 5. The Labute approximate surface area is 226 Å². The van der Waals surface area contributed by atoms with Crippen molar-refractivity contribution < 1.29 is 27.5 Å². The zero-order valence-electron chi connectivity index (χ0n) is 20.7. The molecule has 1 aliphatic carbocycles. The van der Waals surface area contributed by atoms with Crippen molar-refractivity contribution in [1.82, 2.24) is 9.78 Å². The van der Waals surface area contributed by atoms with Crippen LogP contribution in [-0.2, 0) is 17.6 Å². The number of amides is 1. The van der Waals surface area contributed by atoms with Gasteiger partial charge in [-0.1, -0.05) is 48.9 Å². The van der Waals surface area contributed by atoms with Gasteiger partial charge in [-0.25, -0.2) is 9.48 Å². The summed E-state index contributed by atoms with van der Waals surface area (Å²) in [6.07, 6.45) is -2.60. The Morgan fingerprint density at radius 2 is 2.03 bits per heavy atom. The van der Waals surface area contributed by atoms with Gasteiger partial charge in [0.25, 0.3) is 5.91 Å².